The second-order valence-corrected chi connectivity index (χ2v) is 3.03. The van der Waals surface area contributed by atoms with Gasteiger partial charge in [0.25, 0.3) is 0 Å². The van der Waals surface area contributed by atoms with Crippen molar-refractivity contribution in [1.29, 1.82) is 0 Å². The van der Waals surface area contributed by atoms with Crippen LogP contribution in [0, 0.1) is 0 Å². The van der Waals surface area contributed by atoms with E-state index in [1.165, 1.54) is 0 Å². The molecule has 122 valence electrons. The zero-order valence-electron chi connectivity index (χ0n) is 11.0. The minimum atomic E-state index is -2.74. The van der Waals surface area contributed by atoms with Crippen molar-refractivity contribution in [1.82, 2.24) is 0 Å². The molecule has 0 amide bonds. The Hall–Kier alpha value is -2.09. The number of carboxylic acids is 3. The molecule has 0 aliphatic rings. The molecule has 0 saturated heterocycles. The Bertz CT molecular complexity index is 367. The van der Waals surface area contributed by atoms with E-state index >= 15 is 0 Å². The van der Waals surface area contributed by atoms with E-state index in [4.69, 9.17) is 50.4 Å². The molecule has 13 nitrogen and oxygen atoms in total. The van der Waals surface area contributed by atoms with Crippen LogP contribution in [-0.2, 0) is 14.4 Å². The van der Waals surface area contributed by atoms with E-state index in [2.05, 4.69) is 0 Å². The molecule has 0 radical (unpaired) electrons. The summed E-state index contributed by atoms with van der Waals surface area (Å²) in [5.74, 6) is -5.02. The van der Waals surface area contributed by atoms with E-state index in [-0.39, 0.29) is 29.6 Å². The molecule has 0 rings (SSSR count). The maximum absolute atomic E-state index is 10.3. The number of carboxylic acid groups (broad SMARTS) is 7. The fourth-order valence-electron chi connectivity index (χ4n) is 0.714. The summed E-state index contributed by atoms with van der Waals surface area (Å²) in [4.78, 5) is 47.5. The van der Waals surface area contributed by atoms with Gasteiger partial charge in [-0.1, -0.05) is 0 Å². The van der Waals surface area contributed by atoms with Crippen LogP contribution < -0.4 is 34.7 Å². The fraction of sp³-hybridized carbons (Fsp3) is 0.375. The third-order valence-electron chi connectivity index (χ3n) is 1.29. The summed E-state index contributed by atoms with van der Waals surface area (Å²) in [7, 11) is 0. The van der Waals surface area contributed by atoms with Gasteiger partial charge in [0.1, 0.15) is 0 Å². The van der Waals surface area contributed by atoms with Gasteiger partial charge in [-0.25, -0.2) is 9.59 Å². The van der Waals surface area contributed by atoms with Gasteiger partial charge in [0.2, 0.25) is 6.16 Å². The molecule has 0 heterocycles. The van der Waals surface area contributed by atoms with Crippen LogP contribution in [0.4, 0.5) is 9.59 Å². The normalized spacial score (nSPS) is 8.59. The average Bonchev–Trinajstić information content (AvgIpc) is 2.11. The van der Waals surface area contributed by atoms with E-state index in [9.17, 15) is 14.4 Å². The van der Waals surface area contributed by atoms with E-state index in [1.807, 2.05) is 0 Å². The molecule has 0 aliphatic heterocycles. The summed E-state index contributed by atoms with van der Waals surface area (Å²) in [6.45, 7) is 0. The first-order valence-electron chi connectivity index (χ1n) is 4.45. The second-order valence-electron chi connectivity index (χ2n) is 3.03. The number of rotatable bonds is 5. The fourth-order valence-corrected chi connectivity index (χ4v) is 0.714. The Morgan fingerprint density at radius 3 is 1.05 bits per heavy atom. The number of aliphatic hydroxyl groups is 1. The Kier molecular flexibility index (Phi) is 17.7. The molecule has 14 heteroatoms. The van der Waals surface area contributed by atoms with Crippen LogP contribution in [0.2, 0.25) is 0 Å². The van der Waals surface area contributed by atoms with Crippen LogP contribution in [-0.4, -0.2) is 71.6 Å². The van der Waals surface area contributed by atoms with Crippen molar-refractivity contribution in [3.8, 4) is 0 Å². The van der Waals surface area contributed by atoms with Crippen LogP contribution >= 0.6 is 0 Å². The molecule has 22 heavy (non-hydrogen) atoms. The molecule has 0 aromatic rings. The summed E-state index contributed by atoms with van der Waals surface area (Å²) < 4.78 is 0. The number of hydrogen-bond acceptors (Lipinski definition) is 7. The summed E-state index contributed by atoms with van der Waals surface area (Å²) in [6.07, 6.45) is -6.21. The zero-order chi connectivity index (χ0) is 17.8. The van der Waals surface area contributed by atoms with Gasteiger partial charge in [-0.05, 0) is 0 Å². The number of hydrogen-bond donors (Lipinski definition) is 7. The minimum absolute atomic E-state index is 0. The Morgan fingerprint density at radius 1 is 0.773 bits per heavy atom. The molecule has 0 aromatic carbocycles. The van der Waals surface area contributed by atoms with Crippen molar-refractivity contribution in [3.05, 3.63) is 0 Å². The summed E-state index contributed by atoms with van der Waals surface area (Å²) >= 11 is 0. The van der Waals surface area contributed by atoms with E-state index in [0.29, 0.717) is 0 Å². The Morgan fingerprint density at radius 2 is 0.955 bits per heavy atom. The second kappa shape index (κ2) is 13.9. The first kappa shape index (κ1) is 28.1. The van der Waals surface area contributed by atoms with Crippen LogP contribution in [0.25, 0.3) is 0 Å². The van der Waals surface area contributed by atoms with Gasteiger partial charge in [0.05, 0.1) is 12.8 Å². The Balaban J connectivity index is -0.000000150. The third-order valence-corrected chi connectivity index (χ3v) is 1.29. The molecular formula is C8H11NaO13. The van der Waals surface area contributed by atoms with Crippen LogP contribution in [0.15, 0.2) is 0 Å². The minimum Gasteiger partial charge on any atom is -0.565 e. The maximum Gasteiger partial charge on any atom is 1.00 e. The van der Waals surface area contributed by atoms with Crippen molar-refractivity contribution < 1.29 is 94.4 Å². The molecule has 0 aliphatic carbocycles. The predicted octanol–water partition coefficient (Wildman–Crippen LogP) is -5.13. The van der Waals surface area contributed by atoms with Gasteiger partial charge in [-0.15, -0.1) is 0 Å². The van der Waals surface area contributed by atoms with Gasteiger partial charge < -0.3 is 45.6 Å². The number of aliphatic carboxylic acids is 3. The largest absolute Gasteiger partial charge is 1.00 e. The smallest absolute Gasteiger partial charge is 0.565 e. The molecule has 0 aromatic heterocycles. The SMILES string of the molecule is O=C(O)CC(O)(CC(=O)O)C(=O)O.O=C(O)O.O=C([O-])O.[Na+]. The van der Waals surface area contributed by atoms with Crippen LogP contribution in [0.1, 0.15) is 12.8 Å². The first-order valence-corrected chi connectivity index (χ1v) is 4.45. The standard InChI is InChI=1S/C6H8O7.2CH2O3.Na/c7-3(8)1-6(13,5(11)12)2-4(9)10;2*2-1(3)4;/h13H,1-2H2,(H,7,8)(H,9,10)(H,11,12);2*(H2,2,3,4);/q;;;+1/p-1. The van der Waals surface area contributed by atoms with Crippen LogP contribution in [0.3, 0.4) is 0 Å². The molecule has 0 spiro atoms. The topological polar surface area (TPSA) is 250 Å². The quantitative estimate of drug-likeness (QED) is 0.232. The predicted molar refractivity (Wildman–Crippen MR) is 55.8 cm³/mol. The molecule has 0 unspecified atom stereocenters. The molecule has 0 bridgehead atoms. The number of carbonyl (C=O) groups is 5. The van der Waals surface area contributed by atoms with Crippen molar-refractivity contribution in [2.75, 3.05) is 0 Å². The van der Waals surface area contributed by atoms with Gasteiger partial charge >= 0.3 is 53.6 Å². The summed E-state index contributed by atoms with van der Waals surface area (Å²) in [6, 6.07) is 0. The van der Waals surface area contributed by atoms with Crippen LogP contribution in [0.5, 0.6) is 0 Å². The zero-order valence-corrected chi connectivity index (χ0v) is 13.0. The molecule has 0 atom stereocenters. The van der Waals surface area contributed by atoms with Gasteiger partial charge in [-0.2, -0.15) is 0 Å². The van der Waals surface area contributed by atoms with Crippen molar-refractivity contribution in [2.45, 2.75) is 18.4 Å². The Labute approximate surface area is 143 Å². The van der Waals surface area contributed by atoms with Gasteiger partial charge in [0.15, 0.2) is 5.60 Å². The molecule has 7 N–H and O–H groups in total. The van der Waals surface area contributed by atoms with E-state index < -0.39 is 48.7 Å². The summed E-state index contributed by atoms with van der Waals surface area (Å²) in [5.41, 5.74) is -2.74. The van der Waals surface area contributed by atoms with Gasteiger partial charge in [0, 0.05) is 0 Å². The van der Waals surface area contributed by atoms with Gasteiger partial charge in [-0.3, -0.25) is 9.59 Å². The first-order chi connectivity index (χ1) is 9.24. The maximum atomic E-state index is 10.3. The van der Waals surface area contributed by atoms with Crippen molar-refractivity contribution in [2.24, 2.45) is 0 Å². The van der Waals surface area contributed by atoms with Crippen molar-refractivity contribution >= 4 is 30.2 Å². The molecule has 0 fully saturated rings. The van der Waals surface area contributed by atoms with E-state index in [1.54, 1.807) is 0 Å². The molecular weight excluding hydrogens is 327 g/mol. The third kappa shape index (κ3) is 26.5. The monoisotopic (exact) mass is 338 g/mol. The summed E-state index contributed by atoms with van der Waals surface area (Å²) in [5, 5.41) is 63.1. The average molecular weight is 338 g/mol. The van der Waals surface area contributed by atoms with Crippen molar-refractivity contribution in [3.63, 3.8) is 0 Å². The molecule has 0 saturated carbocycles. The van der Waals surface area contributed by atoms with E-state index in [0.717, 1.165) is 0 Å².